The number of benzene rings is 2. The molecule has 6 nitrogen and oxygen atoms in total. The van der Waals surface area contributed by atoms with Crippen molar-refractivity contribution in [3.63, 3.8) is 0 Å². The zero-order chi connectivity index (χ0) is 25.2. The van der Waals surface area contributed by atoms with Gasteiger partial charge in [0, 0.05) is 18.7 Å². The second-order valence-electron chi connectivity index (χ2n) is 9.09. The summed E-state index contributed by atoms with van der Waals surface area (Å²) in [5.74, 6) is -0.212. The topological polar surface area (TPSA) is 61.9 Å². The number of piperidine rings is 1. The monoisotopic (exact) mass is 483 g/mol. The fourth-order valence-corrected chi connectivity index (χ4v) is 4.87. The standard InChI is InChI=1S/C28H38FN3O3/c1-4-18-31(19-5-2)20-6-17-30-28(34)25-15-16-26(33)32(23-11-13-24(35-3)14-12-23)27(25)21-7-9-22(29)10-8-21/h7-14,25,27H,4-6,15-20H2,1-3H3,(H,30,34)/t25-,27+/m0/s1. The van der Waals surface area contributed by atoms with Gasteiger partial charge in [-0.05, 0) is 87.3 Å². The van der Waals surface area contributed by atoms with E-state index in [-0.39, 0.29) is 24.1 Å². The number of carbonyl (C=O) groups excluding carboxylic acids is 2. The molecule has 2 amide bonds. The maximum absolute atomic E-state index is 13.7. The molecule has 0 unspecified atom stereocenters. The van der Waals surface area contributed by atoms with E-state index in [4.69, 9.17) is 4.74 Å². The van der Waals surface area contributed by atoms with Crippen LogP contribution in [0, 0.1) is 11.7 Å². The van der Waals surface area contributed by atoms with Gasteiger partial charge in [-0.15, -0.1) is 0 Å². The van der Waals surface area contributed by atoms with E-state index in [1.807, 2.05) is 12.1 Å². The molecule has 3 rings (SSSR count). The molecule has 1 fully saturated rings. The summed E-state index contributed by atoms with van der Waals surface area (Å²) < 4.78 is 18.9. The Morgan fingerprint density at radius 1 is 1.06 bits per heavy atom. The number of hydrogen-bond donors (Lipinski definition) is 1. The van der Waals surface area contributed by atoms with Crippen molar-refractivity contribution in [2.24, 2.45) is 5.92 Å². The first kappa shape index (κ1) is 26.7. The van der Waals surface area contributed by atoms with Gasteiger partial charge in [0.15, 0.2) is 0 Å². The van der Waals surface area contributed by atoms with Gasteiger partial charge in [0.05, 0.1) is 19.1 Å². The summed E-state index contributed by atoms with van der Waals surface area (Å²) in [6, 6.07) is 12.8. The predicted molar refractivity (Wildman–Crippen MR) is 137 cm³/mol. The molecular formula is C28H38FN3O3. The lowest BCUT2D eigenvalue weighted by molar-refractivity contribution is -0.129. The van der Waals surface area contributed by atoms with Gasteiger partial charge in [0.2, 0.25) is 11.8 Å². The van der Waals surface area contributed by atoms with Crippen LogP contribution in [0.5, 0.6) is 5.75 Å². The molecule has 0 aromatic heterocycles. The van der Waals surface area contributed by atoms with E-state index >= 15 is 0 Å². The molecule has 0 bridgehead atoms. The number of hydrogen-bond acceptors (Lipinski definition) is 4. The normalized spacial score (nSPS) is 18.1. The third-order valence-electron chi connectivity index (χ3n) is 6.53. The number of anilines is 1. The Morgan fingerprint density at radius 2 is 1.71 bits per heavy atom. The average Bonchev–Trinajstić information content (AvgIpc) is 2.87. The minimum Gasteiger partial charge on any atom is -0.497 e. The van der Waals surface area contributed by atoms with Gasteiger partial charge in [-0.2, -0.15) is 0 Å². The highest BCUT2D eigenvalue weighted by Gasteiger charge is 2.41. The van der Waals surface area contributed by atoms with Crippen LogP contribution in [0.2, 0.25) is 0 Å². The largest absolute Gasteiger partial charge is 0.497 e. The van der Waals surface area contributed by atoms with Gasteiger partial charge in [-0.25, -0.2) is 4.39 Å². The van der Waals surface area contributed by atoms with Crippen LogP contribution in [-0.2, 0) is 9.59 Å². The van der Waals surface area contributed by atoms with E-state index in [0.29, 0.717) is 24.4 Å². The molecule has 1 aliphatic rings. The molecule has 7 heteroatoms. The Morgan fingerprint density at radius 3 is 2.31 bits per heavy atom. The Bertz CT molecular complexity index is 943. The minimum absolute atomic E-state index is 0.0525. The Balaban J connectivity index is 1.78. The highest BCUT2D eigenvalue weighted by Crippen LogP contribution is 2.40. The summed E-state index contributed by atoms with van der Waals surface area (Å²) in [6.07, 6.45) is 3.84. The minimum atomic E-state index is -0.512. The summed E-state index contributed by atoms with van der Waals surface area (Å²) >= 11 is 0. The number of halogens is 1. The van der Waals surface area contributed by atoms with E-state index in [1.54, 1.807) is 36.3 Å². The van der Waals surface area contributed by atoms with Gasteiger partial charge in [0.1, 0.15) is 11.6 Å². The average molecular weight is 484 g/mol. The molecule has 1 aliphatic heterocycles. The molecule has 1 saturated heterocycles. The van der Waals surface area contributed by atoms with Crippen LogP contribution in [-0.4, -0.2) is 50.0 Å². The molecule has 2 aromatic rings. The van der Waals surface area contributed by atoms with Crippen LogP contribution in [0.4, 0.5) is 10.1 Å². The number of methoxy groups -OCH3 is 1. The lowest BCUT2D eigenvalue weighted by Gasteiger charge is -2.41. The van der Waals surface area contributed by atoms with Gasteiger partial charge >= 0.3 is 0 Å². The summed E-state index contributed by atoms with van der Waals surface area (Å²) in [5, 5.41) is 3.11. The van der Waals surface area contributed by atoms with E-state index in [0.717, 1.165) is 44.5 Å². The van der Waals surface area contributed by atoms with E-state index in [2.05, 4.69) is 24.1 Å². The van der Waals surface area contributed by atoms with Gasteiger partial charge < -0.3 is 19.9 Å². The second-order valence-corrected chi connectivity index (χ2v) is 9.09. The molecule has 0 aliphatic carbocycles. The van der Waals surface area contributed by atoms with E-state index in [9.17, 15) is 14.0 Å². The fourth-order valence-electron chi connectivity index (χ4n) is 4.87. The number of nitrogens with one attached hydrogen (secondary N) is 1. The lowest BCUT2D eigenvalue weighted by atomic mass is 9.83. The molecule has 2 aromatic carbocycles. The predicted octanol–water partition coefficient (Wildman–Crippen LogP) is 4.95. The van der Waals surface area contributed by atoms with Crippen molar-refractivity contribution in [2.45, 2.75) is 52.0 Å². The Kier molecular flexibility index (Phi) is 10.1. The molecule has 1 N–H and O–H groups in total. The van der Waals surface area contributed by atoms with Crippen molar-refractivity contribution >= 4 is 17.5 Å². The van der Waals surface area contributed by atoms with Crippen LogP contribution in [0.15, 0.2) is 48.5 Å². The van der Waals surface area contributed by atoms with Gasteiger partial charge in [-0.3, -0.25) is 9.59 Å². The highest BCUT2D eigenvalue weighted by molar-refractivity contribution is 5.97. The SMILES string of the molecule is CCCN(CCC)CCCNC(=O)[C@H]1CCC(=O)N(c2ccc(OC)cc2)[C@@H]1c1ccc(F)cc1. The van der Waals surface area contributed by atoms with E-state index < -0.39 is 12.0 Å². The first-order valence-corrected chi connectivity index (χ1v) is 12.7. The summed E-state index contributed by atoms with van der Waals surface area (Å²) in [5.41, 5.74) is 1.44. The second kappa shape index (κ2) is 13.2. The number of nitrogens with zero attached hydrogens (tertiary/aromatic N) is 2. The zero-order valence-corrected chi connectivity index (χ0v) is 21.1. The molecule has 0 spiro atoms. The van der Waals surface area contributed by atoms with Crippen molar-refractivity contribution in [1.29, 1.82) is 0 Å². The van der Waals surface area contributed by atoms with Gasteiger partial charge in [0.25, 0.3) is 0 Å². The maximum Gasteiger partial charge on any atom is 0.227 e. The number of carbonyl (C=O) groups is 2. The lowest BCUT2D eigenvalue weighted by Crippen LogP contribution is -2.48. The molecule has 190 valence electrons. The van der Waals surface area contributed by atoms with Crippen LogP contribution in [0.25, 0.3) is 0 Å². The first-order chi connectivity index (χ1) is 17.0. The van der Waals surface area contributed by atoms with Crippen LogP contribution in [0.3, 0.4) is 0 Å². The third-order valence-corrected chi connectivity index (χ3v) is 6.53. The number of amides is 2. The molecule has 35 heavy (non-hydrogen) atoms. The number of rotatable bonds is 12. The fraction of sp³-hybridized carbons (Fsp3) is 0.500. The van der Waals surface area contributed by atoms with Crippen LogP contribution >= 0.6 is 0 Å². The van der Waals surface area contributed by atoms with Crippen molar-refractivity contribution in [3.05, 3.63) is 59.9 Å². The smallest absolute Gasteiger partial charge is 0.227 e. The summed E-state index contributed by atoms with van der Waals surface area (Å²) in [4.78, 5) is 30.6. The van der Waals surface area contributed by atoms with Gasteiger partial charge in [-0.1, -0.05) is 26.0 Å². The van der Waals surface area contributed by atoms with Crippen molar-refractivity contribution in [2.75, 3.05) is 38.2 Å². The number of ether oxygens (including phenoxy) is 1. The summed E-state index contributed by atoms with van der Waals surface area (Å²) in [7, 11) is 1.59. The molecular weight excluding hydrogens is 445 g/mol. The van der Waals surface area contributed by atoms with Crippen molar-refractivity contribution in [1.82, 2.24) is 10.2 Å². The van der Waals surface area contributed by atoms with Crippen molar-refractivity contribution in [3.8, 4) is 5.75 Å². The molecule has 2 atom stereocenters. The summed E-state index contributed by atoms with van der Waals surface area (Å²) in [6.45, 7) is 8.03. The Hall–Kier alpha value is -2.93. The quantitative estimate of drug-likeness (QED) is 0.434. The van der Waals surface area contributed by atoms with E-state index in [1.165, 1.54) is 12.1 Å². The third kappa shape index (κ3) is 7.04. The maximum atomic E-state index is 13.7. The first-order valence-electron chi connectivity index (χ1n) is 12.7. The molecule has 0 saturated carbocycles. The Labute approximate surface area is 208 Å². The van der Waals surface area contributed by atoms with Crippen LogP contribution < -0.4 is 15.0 Å². The van der Waals surface area contributed by atoms with Crippen molar-refractivity contribution < 1.29 is 18.7 Å². The van der Waals surface area contributed by atoms with Crippen LogP contribution in [0.1, 0.15) is 57.6 Å². The zero-order valence-electron chi connectivity index (χ0n) is 21.1. The highest BCUT2D eigenvalue weighted by atomic mass is 19.1. The molecule has 1 heterocycles. The molecule has 0 radical (unpaired) electrons.